The predicted molar refractivity (Wildman–Crippen MR) is 126 cm³/mol. The van der Waals surface area contributed by atoms with Gasteiger partial charge in [-0.2, -0.15) is 13.2 Å². The van der Waals surface area contributed by atoms with Crippen molar-refractivity contribution in [2.75, 3.05) is 38.0 Å². The third kappa shape index (κ3) is 7.43. The molecule has 190 valence electrons. The van der Waals surface area contributed by atoms with Crippen LogP contribution in [0.15, 0.2) is 48.5 Å². The van der Waals surface area contributed by atoms with E-state index in [0.717, 1.165) is 21.8 Å². The molecule has 0 unspecified atom stereocenters. The Kier molecular flexibility index (Phi) is 8.07. The van der Waals surface area contributed by atoms with Crippen LogP contribution in [0.2, 0.25) is 0 Å². The van der Waals surface area contributed by atoms with Crippen molar-refractivity contribution in [1.82, 2.24) is 14.9 Å². The Labute approximate surface area is 203 Å². The molecular formula is C25H31F3N4O3. The Hall–Kier alpha value is -3.11. The Morgan fingerprint density at radius 3 is 1.91 bits per heavy atom. The molecule has 1 aliphatic heterocycles. The van der Waals surface area contributed by atoms with Gasteiger partial charge in [0.25, 0.3) is 5.91 Å². The van der Waals surface area contributed by atoms with Crippen LogP contribution in [0.5, 0.6) is 0 Å². The SMILES string of the molecule is CC(C)(C)c1ccc(Nc2ccc(CN(O)C(=O)CN3CCN(C(=O)C(F)(F)F)CC3)cc2)cc1. The molecular weight excluding hydrogens is 461 g/mol. The van der Waals surface area contributed by atoms with Gasteiger partial charge in [-0.05, 0) is 40.8 Å². The molecule has 0 radical (unpaired) electrons. The van der Waals surface area contributed by atoms with Crippen LogP contribution in [-0.4, -0.2) is 70.8 Å². The number of benzene rings is 2. The van der Waals surface area contributed by atoms with Crippen molar-refractivity contribution in [1.29, 1.82) is 0 Å². The number of amides is 2. The van der Waals surface area contributed by atoms with Crippen LogP contribution in [-0.2, 0) is 21.5 Å². The van der Waals surface area contributed by atoms with E-state index in [2.05, 4.69) is 38.2 Å². The highest BCUT2D eigenvalue weighted by Crippen LogP contribution is 2.25. The summed E-state index contributed by atoms with van der Waals surface area (Å²) in [5, 5.41) is 14.1. The molecule has 7 nitrogen and oxygen atoms in total. The summed E-state index contributed by atoms with van der Waals surface area (Å²) < 4.78 is 37.6. The number of hydrogen-bond donors (Lipinski definition) is 2. The van der Waals surface area contributed by atoms with E-state index in [4.69, 9.17) is 0 Å². The van der Waals surface area contributed by atoms with Crippen LogP contribution in [0, 0.1) is 0 Å². The molecule has 1 fully saturated rings. The fourth-order valence-electron chi connectivity index (χ4n) is 3.74. The van der Waals surface area contributed by atoms with E-state index in [9.17, 15) is 28.0 Å². The molecule has 0 spiro atoms. The third-order valence-corrected chi connectivity index (χ3v) is 5.87. The van der Waals surface area contributed by atoms with Gasteiger partial charge < -0.3 is 10.2 Å². The summed E-state index contributed by atoms with van der Waals surface area (Å²) in [6, 6.07) is 15.5. The third-order valence-electron chi connectivity index (χ3n) is 5.87. The molecule has 0 atom stereocenters. The number of carbonyl (C=O) groups excluding carboxylic acids is 2. The molecule has 1 heterocycles. The van der Waals surface area contributed by atoms with Crippen molar-refractivity contribution in [3.63, 3.8) is 0 Å². The number of nitrogens with one attached hydrogen (secondary N) is 1. The van der Waals surface area contributed by atoms with Crippen LogP contribution >= 0.6 is 0 Å². The summed E-state index contributed by atoms with van der Waals surface area (Å²) >= 11 is 0. The Balaban J connectivity index is 1.46. The van der Waals surface area contributed by atoms with E-state index in [0.29, 0.717) is 5.06 Å². The topological polar surface area (TPSA) is 76.1 Å². The normalized spacial score (nSPS) is 15.1. The van der Waals surface area contributed by atoms with Gasteiger partial charge in [-0.3, -0.25) is 19.7 Å². The fraction of sp³-hybridized carbons (Fsp3) is 0.440. The highest BCUT2D eigenvalue weighted by atomic mass is 19.4. The fourth-order valence-corrected chi connectivity index (χ4v) is 3.74. The van der Waals surface area contributed by atoms with E-state index in [1.54, 1.807) is 17.0 Å². The summed E-state index contributed by atoms with van der Waals surface area (Å²) in [6.07, 6.45) is -4.90. The second kappa shape index (κ2) is 10.7. The zero-order chi connectivity index (χ0) is 25.8. The molecule has 10 heteroatoms. The van der Waals surface area contributed by atoms with Crippen molar-refractivity contribution < 1.29 is 28.0 Å². The largest absolute Gasteiger partial charge is 0.471 e. The molecule has 0 bridgehead atoms. The molecule has 0 saturated carbocycles. The first-order valence-electron chi connectivity index (χ1n) is 11.4. The Morgan fingerprint density at radius 2 is 1.43 bits per heavy atom. The van der Waals surface area contributed by atoms with E-state index < -0.39 is 18.0 Å². The molecule has 2 aromatic carbocycles. The van der Waals surface area contributed by atoms with Crippen molar-refractivity contribution in [3.8, 4) is 0 Å². The van der Waals surface area contributed by atoms with Crippen molar-refractivity contribution in [3.05, 3.63) is 59.7 Å². The van der Waals surface area contributed by atoms with E-state index >= 15 is 0 Å². The van der Waals surface area contributed by atoms with Crippen molar-refractivity contribution in [2.45, 2.75) is 38.9 Å². The molecule has 3 rings (SSSR count). The maximum absolute atomic E-state index is 12.5. The number of alkyl halides is 3. The van der Waals surface area contributed by atoms with Crippen molar-refractivity contribution >= 4 is 23.2 Å². The molecule has 2 N–H and O–H groups in total. The smallest absolute Gasteiger partial charge is 0.356 e. The van der Waals surface area contributed by atoms with Crippen LogP contribution in [0.3, 0.4) is 0 Å². The second-order valence-corrected chi connectivity index (χ2v) is 9.67. The number of anilines is 2. The standard InChI is InChI=1S/C25H31F3N4O3/c1-24(2,3)19-6-10-21(11-7-19)29-20-8-4-18(5-9-20)16-32(35)22(33)17-30-12-14-31(15-13-30)23(34)25(26,27)28/h4-11,29,35H,12-17H2,1-3H3. The number of halogens is 3. The number of rotatable bonds is 6. The lowest BCUT2D eigenvalue weighted by atomic mass is 9.87. The Bertz CT molecular complexity index is 1010. The molecule has 1 aliphatic rings. The van der Waals surface area contributed by atoms with Gasteiger partial charge in [0.2, 0.25) is 0 Å². The number of nitrogens with zero attached hydrogens (tertiary/aromatic N) is 3. The van der Waals surface area contributed by atoms with Gasteiger partial charge in [0.15, 0.2) is 0 Å². The lowest BCUT2D eigenvalue weighted by Crippen LogP contribution is -2.53. The molecule has 2 amide bonds. The van der Waals surface area contributed by atoms with E-state index in [-0.39, 0.29) is 44.7 Å². The van der Waals surface area contributed by atoms with Gasteiger partial charge in [0.1, 0.15) is 0 Å². The van der Waals surface area contributed by atoms with Crippen LogP contribution in [0.4, 0.5) is 24.5 Å². The predicted octanol–water partition coefficient (Wildman–Crippen LogP) is 4.15. The van der Waals surface area contributed by atoms with E-state index in [1.165, 1.54) is 5.56 Å². The van der Waals surface area contributed by atoms with Crippen LogP contribution in [0.1, 0.15) is 31.9 Å². The van der Waals surface area contributed by atoms with Gasteiger partial charge >= 0.3 is 12.1 Å². The summed E-state index contributed by atoms with van der Waals surface area (Å²) in [7, 11) is 0. The highest BCUT2D eigenvalue weighted by molar-refractivity contribution is 5.82. The molecule has 1 saturated heterocycles. The number of carbonyl (C=O) groups is 2. The van der Waals surface area contributed by atoms with Crippen molar-refractivity contribution in [2.24, 2.45) is 0 Å². The zero-order valence-corrected chi connectivity index (χ0v) is 20.1. The van der Waals surface area contributed by atoms with E-state index in [1.807, 2.05) is 24.3 Å². The molecule has 0 aromatic heterocycles. The highest BCUT2D eigenvalue weighted by Gasteiger charge is 2.43. The van der Waals surface area contributed by atoms with Gasteiger partial charge in [-0.25, -0.2) is 5.06 Å². The summed E-state index contributed by atoms with van der Waals surface area (Å²) in [6.45, 7) is 6.31. The molecule has 35 heavy (non-hydrogen) atoms. The lowest BCUT2D eigenvalue weighted by Gasteiger charge is -2.34. The lowest BCUT2D eigenvalue weighted by molar-refractivity contribution is -0.187. The molecule has 2 aromatic rings. The number of hydrogen-bond acceptors (Lipinski definition) is 5. The first-order chi connectivity index (χ1) is 16.3. The quantitative estimate of drug-likeness (QED) is 0.468. The second-order valence-electron chi connectivity index (χ2n) is 9.67. The summed E-state index contributed by atoms with van der Waals surface area (Å²) in [5.41, 5.74) is 3.84. The molecule has 0 aliphatic carbocycles. The minimum absolute atomic E-state index is 0.0219. The maximum atomic E-state index is 12.5. The monoisotopic (exact) mass is 492 g/mol. The van der Waals surface area contributed by atoms with Gasteiger partial charge in [-0.15, -0.1) is 0 Å². The number of piperazine rings is 1. The van der Waals surface area contributed by atoms with Gasteiger partial charge in [0.05, 0.1) is 13.1 Å². The van der Waals surface area contributed by atoms with Gasteiger partial charge in [0, 0.05) is 37.6 Å². The number of hydroxylamine groups is 2. The first kappa shape index (κ1) is 26.5. The minimum atomic E-state index is -4.90. The summed E-state index contributed by atoms with van der Waals surface area (Å²) in [4.78, 5) is 26.0. The Morgan fingerprint density at radius 1 is 0.914 bits per heavy atom. The van der Waals surface area contributed by atoms with Gasteiger partial charge in [-0.1, -0.05) is 45.0 Å². The maximum Gasteiger partial charge on any atom is 0.471 e. The average molecular weight is 493 g/mol. The van der Waals surface area contributed by atoms with Crippen LogP contribution < -0.4 is 5.32 Å². The first-order valence-corrected chi connectivity index (χ1v) is 11.4. The zero-order valence-electron chi connectivity index (χ0n) is 20.1. The van der Waals surface area contributed by atoms with Crippen LogP contribution in [0.25, 0.3) is 0 Å². The minimum Gasteiger partial charge on any atom is -0.356 e. The average Bonchev–Trinajstić information content (AvgIpc) is 2.79. The summed E-state index contributed by atoms with van der Waals surface area (Å²) in [5.74, 6) is -2.44.